The highest BCUT2D eigenvalue weighted by molar-refractivity contribution is 4.92. The van der Waals surface area contributed by atoms with Crippen LogP contribution in [0.3, 0.4) is 0 Å². The highest BCUT2D eigenvalue weighted by Crippen LogP contribution is 2.14. The van der Waals surface area contributed by atoms with Crippen molar-refractivity contribution < 1.29 is 25.5 Å². The van der Waals surface area contributed by atoms with Crippen molar-refractivity contribution in [3.05, 3.63) is 0 Å². The van der Waals surface area contributed by atoms with Gasteiger partial charge in [0.25, 0.3) is 0 Å². The molecule has 84 valence electrons. The maximum absolute atomic E-state index is 9.39. The zero-order valence-electron chi connectivity index (χ0n) is 7.74. The third kappa shape index (κ3) is 2.63. The molecule has 14 heavy (non-hydrogen) atoms. The third-order valence-corrected chi connectivity index (χ3v) is 2.52. The van der Waals surface area contributed by atoms with E-state index >= 15 is 0 Å². The van der Waals surface area contributed by atoms with E-state index in [0.29, 0.717) is 0 Å². The predicted molar refractivity (Wildman–Crippen MR) is 47.5 cm³/mol. The fraction of sp³-hybridized carbons (Fsp3) is 1.00. The number of β-amino-alcohol motifs (C(OH)–C–C–N with tert-alkyl or cyclic N) is 1. The van der Waals surface area contributed by atoms with E-state index in [0.717, 1.165) is 0 Å². The number of nitrogens with one attached hydrogen (secondary N) is 1. The molecule has 6 N–H and O–H groups in total. The number of rotatable bonds is 4. The van der Waals surface area contributed by atoms with E-state index in [1.165, 1.54) is 0 Å². The van der Waals surface area contributed by atoms with Gasteiger partial charge in [-0.05, 0) is 6.42 Å². The molecule has 0 radical (unpaired) electrons. The largest absolute Gasteiger partial charge is 0.394 e. The SMILES string of the molecule is OC[C@@H](O)[C@H](O)C[C@@H]1NC[C@H](O)[C@@H]1O. The van der Waals surface area contributed by atoms with Gasteiger partial charge in [-0.15, -0.1) is 0 Å². The molecule has 1 rings (SSSR count). The van der Waals surface area contributed by atoms with E-state index in [9.17, 15) is 15.3 Å². The van der Waals surface area contributed by atoms with Crippen LogP contribution in [0.4, 0.5) is 0 Å². The van der Waals surface area contributed by atoms with Crippen molar-refractivity contribution in [1.29, 1.82) is 0 Å². The topological polar surface area (TPSA) is 113 Å². The van der Waals surface area contributed by atoms with Gasteiger partial charge in [0.15, 0.2) is 0 Å². The minimum atomic E-state index is -1.21. The zero-order chi connectivity index (χ0) is 10.7. The van der Waals surface area contributed by atoms with Crippen LogP contribution in [-0.4, -0.2) is 69.1 Å². The zero-order valence-corrected chi connectivity index (χ0v) is 7.74. The van der Waals surface area contributed by atoms with Crippen LogP contribution in [0, 0.1) is 0 Å². The van der Waals surface area contributed by atoms with Crippen LogP contribution in [0.25, 0.3) is 0 Å². The Hall–Kier alpha value is -0.240. The Morgan fingerprint density at radius 2 is 1.86 bits per heavy atom. The maximum Gasteiger partial charge on any atom is 0.103 e. The molecule has 1 saturated heterocycles. The lowest BCUT2D eigenvalue weighted by Gasteiger charge is -2.22. The van der Waals surface area contributed by atoms with Crippen molar-refractivity contribution in [3.63, 3.8) is 0 Å². The molecule has 1 aliphatic heterocycles. The lowest BCUT2D eigenvalue weighted by Crippen LogP contribution is -2.40. The van der Waals surface area contributed by atoms with Crippen LogP contribution in [-0.2, 0) is 0 Å². The lowest BCUT2D eigenvalue weighted by molar-refractivity contribution is -0.0322. The molecule has 0 aromatic carbocycles. The fourth-order valence-corrected chi connectivity index (χ4v) is 1.54. The minimum absolute atomic E-state index is 0.0972. The molecule has 5 atom stereocenters. The van der Waals surface area contributed by atoms with Crippen molar-refractivity contribution in [1.82, 2.24) is 5.32 Å². The van der Waals surface area contributed by atoms with Gasteiger partial charge in [-0.1, -0.05) is 0 Å². The Balaban J connectivity index is 2.37. The first-order valence-corrected chi connectivity index (χ1v) is 4.62. The Kier molecular flexibility index (Phi) is 4.24. The molecular formula is C8H17NO5. The second-order valence-corrected chi connectivity index (χ2v) is 3.63. The van der Waals surface area contributed by atoms with Gasteiger partial charge >= 0.3 is 0 Å². The fourth-order valence-electron chi connectivity index (χ4n) is 1.54. The maximum atomic E-state index is 9.39. The molecule has 0 aliphatic carbocycles. The number of hydrogen-bond donors (Lipinski definition) is 6. The summed E-state index contributed by atoms with van der Waals surface area (Å²) in [5.74, 6) is 0. The van der Waals surface area contributed by atoms with Gasteiger partial charge in [0, 0.05) is 12.6 Å². The summed E-state index contributed by atoms with van der Waals surface area (Å²) >= 11 is 0. The Morgan fingerprint density at radius 3 is 2.29 bits per heavy atom. The second-order valence-electron chi connectivity index (χ2n) is 3.63. The van der Waals surface area contributed by atoms with Gasteiger partial charge in [0.1, 0.15) is 6.10 Å². The smallest absolute Gasteiger partial charge is 0.103 e. The van der Waals surface area contributed by atoms with Gasteiger partial charge < -0.3 is 30.8 Å². The Bertz CT molecular complexity index is 179. The van der Waals surface area contributed by atoms with Crippen molar-refractivity contribution in [2.75, 3.05) is 13.2 Å². The first kappa shape index (κ1) is 11.8. The lowest BCUT2D eigenvalue weighted by atomic mass is 10.0. The molecule has 0 unspecified atom stereocenters. The average molecular weight is 207 g/mol. The van der Waals surface area contributed by atoms with Crippen molar-refractivity contribution in [3.8, 4) is 0 Å². The Labute approximate surface area is 81.8 Å². The summed E-state index contributed by atoms with van der Waals surface area (Å²) in [6, 6.07) is -0.443. The molecule has 0 bridgehead atoms. The molecule has 0 aromatic rings. The number of aliphatic hydroxyl groups is 5. The predicted octanol–water partition coefficient (Wildman–Crippen LogP) is -3.22. The molecule has 0 spiro atoms. The van der Waals surface area contributed by atoms with Crippen LogP contribution in [0.5, 0.6) is 0 Å². The van der Waals surface area contributed by atoms with Gasteiger partial charge in [-0.3, -0.25) is 0 Å². The van der Waals surface area contributed by atoms with E-state index in [1.54, 1.807) is 0 Å². The first-order valence-electron chi connectivity index (χ1n) is 4.62. The normalized spacial score (nSPS) is 37.1. The average Bonchev–Trinajstić information content (AvgIpc) is 2.48. The number of aliphatic hydroxyl groups excluding tert-OH is 5. The van der Waals surface area contributed by atoms with Crippen molar-refractivity contribution >= 4 is 0 Å². The van der Waals surface area contributed by atoms with Gasteiger partial charge in [-0.25, -0.2) is 0 Å². The van der Waals surface area contributed by atoms with E-state index in [1.807, 2.05) is 0 Å². The van der Waals surface area contributed by atoms with Crippen LogP contribution in [0.1, 0.15) is 6.42 Å². The van der Waals surface area contributed by atoms with E-state index in [2.05, 4.69) is 5.32 Å². The quantitative estimate of drug-likeness (QED) is 0.289. The molecule has 1 aliphatic rings. The molecule has 6 nitrogen and oxygen atoms in total. The van der Waals surface area contributed by atoms with Gasteiger partial charge in [0.2, 0.25) is 0 Å². The minimum Gasteiger partial charge on any atom is -0.394 e. The summed E-state index contributed by atoms with van der Waals surface area (Å²) in [6.07, 6.45) is -3.98. The molecule has 1 heterocycles. The highest BCUT2D eigenvalue weighted by atomic mass is 16.4. The number of hydrogen-bond acceptors (Lipinski definition) is 6. The summed E-state index contributed by atoms with van der Waals surface area (Å²) in [7, 11) is 0. The van der Waals surface area contributed by atoms with Crippen LogP contribution < -0.4 is 5.32 Å². The molecular weight excluding hydrogens is 190 g/mol. The summed E-state index contributed by atoms with van der Waals surface area (Å²) in [5, 5.41) is 48.3. The van der Waals surface area contributed by atoms with E-state index in [4.69, 9.17) is 10.2 Å². The van der Waals surface area contributed by atoms with Crippen LogP contribution >= 0.6 is 0 Å². The second kappa shape index (κ2) is 5.01. The first-order chi connectivity index (χ1) is 6.56. The summed E-state index contributed by atoms with van der Waals surface area (Å²) in [6.45, 7) is -0.250. The van der Waals surface area contributed by atoms with E-state index in [-0.39, 0.29) is 13.0 Å². The summed E-state index contributed by atoms with van der Waals surface area (Å²) in [4.78, 5) is 0. The Morgan fingerprint density at radius 1 is 1.21 bits per heavy atom. The molecule has 0 amide bonds. The van der Waals surface area contributed by atoms with Crippen molar-refractivity contribution in [2.24, 2.45) is 0 Å². The van der Waals surface area contributed by atoms with Gasteiger partial charge in [0.05, 0.1) is 24.9 Å². The third-order valence-electron chi connectivity index (χ3n) is 2.52. The molecule has 1 fully saturated rings. The van der Waals surface area contributed by atoms with Crippen molar-refractivity contribution in [2.45, 2.75) is 36.9 Å². The summed E-state index contributed by atoms with van der Waals surface area (Å²) < 4.78 is 0. The highest BCUT2D eigenvalue weighted by Gasteiger charge is 2.35. The molecule has 0 saturated carbocycles. The van der Waals surface area contributed by atoms with Crippen LogP contribution in [0.15, 0.2) is 0 Å². The molecule has 6 heteroatoms. The standard InChI is InChI=1S/C8H17NO5/c10-3-7(13)5(11)1-4-8(14)6(12)2-9-4/h4-14H,1-3H2/t4-,5+,6-,7+,8+/m0/s1. The summed E-state index contributed by atoms with van der Waals surface area (Å²) in [5.41, 5.74) is 0. The molecule has 0 aromatic heterocycles. The van der Waals surface area contributed by atoms with Gasteiger partial charge in [-0.2, -0.15) is 0 Å². The van der Waals surface area contributed by atoms with E-state index < -0.39 is 37.1 Å². The monoisotopic (exact) mass is 207 g/mol. The van der Waals surface area contributed by atoms with Crippen LogP contribution in [0.2, 0.25) is 0 Å².